The van der Waals surface area contributed by atoms with Gasteiger partial charge < -0.3 is 15.2 Å². The van der Waals surface area contributed by atoms with E-state index in [0.29, 0.717) is 23.9 Å². The number of ether oxygens (including phenoxy) is 2. The van der Waals surface area contributed by atoms with E-state index in [9.17, 15) is 4.79 Å². The van der Waals surface area contributed by atoms with Crippen LogP contribution < -0.4 is 5.73 Å². The maximum Gasteiger partial charge on any atom is 0.340 e. The molecular formula is C16H24N2O3. The fourth-order valence-electron chi connectivity index (χ4n) is 2.73. The van der Waals surface area contributed by atoms with E-state index >= 15 is 0 Å². The Morgan fingerprint density at radius 2 is 2.33 bits per heavy atom. The van der Waals surface area contributed by atoms with E-state index in [-0.39, 0.29) is 5.97 Å². The maximum atomic E-state index is 11.9. The zero-order valence-electron chi connectivity index (χ0n) is 12.8. The second kappa shape index (κ2) is 7.43. The van der Waals surface area contributed by atoms with Gasteiger partial charge in [0.25, 0.3) is 0 Å². The lowest BCUT2D eigenvalue weighted by Gasteiger charge is -2.24. The summed E-state index contributed by atoms with van der Waals surface area (Å²) in [5.41, 5.74) is 7.78. The molecular weight excluding hydrogens is 268 g/mol. The summed E-state index contributed by atoms with van der Waals surface area (Å²) >= 11 is 0. The third-order valence-corrected chi connectivity index (χ3v) is 3.90. The number of anilines is 1. The van der Waals surface area contributed by atoms with Crippen molar-refractivity contribution < 1.29 is 14.3 Å². The number of benzene rings is 1. The van der Waals surface area contributed by atoms with Crippen molar-refractivity contribution in [1.82, 2.24) is 4.90 Å². The van der Waals surface area contributed by atoms with Crippen molar-refractivity contribution in [3.63, 3.8) is 0 Å². The molecule has 0 saturated carbocycles. The largest absolute Gasteiger partial charge is 0.465 e. The number of nitrogen functional groups attached to an aromatic ring is 1. The molecule has 5 heteroatoms. The summed E-state index contributed by atoms with van der Waals surface area (Å²) in [4.78, 5) is 14.2. The fourth-order valence-corrected chi connectivity index (χ4v) is 2.73. The van der Waals surface area contributed by atoms with Gasteiger partial charge in [-0.3, -0.25) is 4.90 Å². The summed E-state index contributed by atoms with van der Waals surface area (Å²) in [5, 5.41) is 0. The van der Waals surface area contributed by atoms with Crippen molar-refractivity contribution in [1.29, 1.82) is 0 Å². The number of rotatable bonds is 6. The zero-order chi connectivity index (χ0) is 15.2. The SMILES string of the molecule is CCN(Cc1cccc(N)c1C(=O)OC)CC1CCCO1. The molecule has 1 saturated heterocycles. The molecule has 0 aromatic heterocycles. The summed E-state index contributed by atoms with van der Waals surface area (Å²) in [6.07, 6.45) is 2.54. The van der Waals surface area contributed by atoms with E-state index in [4.69, 9.17) is 15.2 Å². The van der Waals surface area contributed by atoms with Gasteiger partial charge >= 0.3 is 5.97 Å². The quantitative estimate of drug-likeness (QED) is 0.642. The van der Waals surface area contributed by atoms with Gasteiger partial charge in [0, 0.05) is 25.4 Å². The molecule has 1 atom stereocenters. The molecule has 5 nitrogen and oxygen atoms in total. The number of nitrogens with zero attached hydrogens (tertiary/aromatic N) is 1. The third-order valence-electron chi connectivity index (χ3n) is 3.90. The highest BCUT2D eigenvalue weighted by atomic mass is 16.5. The fraction of sp³-hybridized carbons (Fsp3) is 0.562. The van der Waals surface area contributed by atoms with Crippen LogP contribution in [-0.4, -0.2) is 43.8 Å². The van der Waals surface area contributed by atoms with Crippen molar-refractivity contribution in [2.45, 2.75) is 32.4 Å². The number of esters is 1. The van der Waals surface area contributed by atoms with Crippen LogP contribution in [0, 0.1) is 0 Å². The van der Waals surface area contributed by atoms with E-state index in [1.54, 1.807) is 6.07 Å². The Morgan fingerprint density at radius 1 is 1.52 bits per heavy atom. The Hall–Kier alpha value is -1.59. The topological polar surface area (TPSA) is 64.8 Å². The normalized spacial score (nSPS) is 18.1. The molecule has 21 heavy (non-hydrogen) atoms. The summed E-state index contributed by atoms with van der Waals surface area (Å²) in [6, 6.07) is 5.53. The monoisotopic (exact) mass is 292 g/mol. The molecule has 2 N–H and O–H groups in total. The van der Waals surface area contributed by atoms with Crippen LogP contribution in [0.1, 0.15) is 35.7 Å². The number of hydrogen-bond donors (Lipinski definition) is 1. The maximum absolute atomic E-state index is 11.9. The molecule has 1 unspecified atom stereocenters. The number of carbonyl (C=O) groups is 1. The first-order valence-corrected chi connectivity index (χ1v) is 7.45. The molecule has 116 valence electrons. The Morgan fingerprint density at radius 3 is 2.95 bits per heavy atom. The molecule has 0 aliphatic carbocycles. The predicted octanol–water partition coefficient (Wildman–Crippen LogP) is 2.06. The van der Waals surface area contributed by atoms with Gasteiger partial charge in [0.15, 0.2) is 0 Å². The Kier molecular flexibility index (Phi) is 5.59. The first kappa shape index (κ1) is 15.8. The molecule has 0 radical (unpaired) electrons. The Bertz CT molecular complexity index is 484. The van der Waals surface area contributed by atoms with Crippen molar-refractivity contribution in [2.24, 2.45) is 0 Å². The van der Waals surface area contributed by atoms with E-state index in [1.807, 2.05) is 12.1 Å². The minimum atomic E-state index is -0.378. The van der Waals surface area contributed by atoms with Crippen LogP contribution in [0.3, 0.4) is 0 Å². The molecule has 1 aliphatic heterocycles. The number of hydrogen-bond acceptors (Lipinski definition) is 5. The lowest BCUT2D eigenvalue weighted by atomic mass is 10.0. The van der Waals surface area contributed by atoms with E-state index < -0.39 is 0 Å². The zero-order valence-corrected chi connectivity index (χ0v) is 12.8. The number of methoxy groups -OCH3 is 1. The minimum Gasteiger partial charge on any atom is -0.465 e. The van der Waals surface area contributed by atoms with Crippen LogP contribution in [0.5, 0.6) is 0 Å². The molecule has 1 aromatic rings. The van der Waals surface area contributed by atoms with E-state index in [2.05, 4.69) is 11.8 Å². The first-order chi connectivity index (χ1) is 10.2. The van der Waals surface area contributed by atoms with Gasteiger partial charge in [-0.25, -0.2) is 4.79 Å². The molecule has 1 aliphatic rings. The van der Waals surface area contributed by atoms with Gasteiger partial charge in [0.05, 0.1) is 18.8 Å². The lowest BCUT2D eigenvalue weighted by molar-refractivity contribution is 0.0595. The summed E-state index contributed by atoms with van der Waals surface area (Å²) < 4.78 is 10.5. The van der Waals surface area contributed by atoms with Gasteiger partial charge in [0.1, 0.15) is 0 Å². The van der Waals surface area contributed by atoms with Crippen molar-refractivity contribution in [2.75, 3.05) is 32.5 Å². The molecule has 1 heterocycles. The van der Waals surface area contributed by atoms with Crippen molar-refractivity contribution >= 4 is 11.7 Å². The van der Waals surface area contributed by atoms with Crippen molar-refractivity contribution in [3.8, 4) is 0 Å². The van der Waals surface area contributed by atoms with E-state index in [1.165, 1.54) is 7.11 Å². The highest BCUT2D eigenvalue weighted by Gasteiger charge is 2.21. The smallest absolute Gasteiger partial charge is 0.340 e. The average Bonchev–Trinajstić information content (AvgIpc) is 2.99. The molecule has 1 aromatic carbocycles. The van der Waals surface area contributed by atoms with Gasteiger partial charge in [-0.1, -0.05) is 19.1 Å². The highest BCUT2D eigenvalue weighted by Crippen LogP contribution is 2.21. The van der Waals surface area contributed by atoms with Crippen LogP contribution in [-0.2, 0) is 16.0 Å². The molecule has 2 rings (SSSR count). The number of nitrogens with two attached hydrogens (primary N) is 1. The molecule has 0 amide bonds. The van der Waals surface area contributed by atoms with Crippen molar-refractivity contribution in [3.05, 3.63) is 29.3 Å². The number of carbonyl (C=O) groups excluding carboxylic acids is 1. The highest BCUT2D eigenvalue weighted by molar-refractivity contribution is 5.96. The first-order valence-electron chi connectivity index (χ1n) is 7.45. The van der Waals surface area contributed by atoms with Gasteiger partial charge in [-0.05, 0) is 31.0 Å². The second-order valence-electron chi connectivity index (χ2n) is 5.34. The van der Waals surface area contributed by atoms with Crippen LogP contribution in [0.4, 0.5) is 5.69 Å². The van der Waals surface area contributed by atoms with Crippen LogP contribution >= 0.6 is 0 Å². The Balaban J connectivity index is 2.12. The average molecular weight is 292 g/mol. The molecule has 0 bridgehead atoms. The standard InChI is InChI=1S/C16H24N2O3/c1-3-18(11-13-7-5-9-21-13)10-12-6-4-8-14(17)15(12)16(19)20-2/h4,6,8,13H,3,5,7,9-11,17H2,1-2H3. The van der Waals surface area contributed by atoms with Gasteiger partial charge in [0.2, 0.25) is 0 Å². The minimum absolute atomic E-state index is 0.299. The van der Waals surface area contributed by atoms with Crippen LogP contribution in [0.2, 0.25) is 0 Å². The van der Waals surface area contributed by atoms with Crippen LogP contribution in [0.15, 0.2) is 18.2 Å². The Labute approximate surface area is 126 Å². The van der Waals surface area contributed by atoms with Gasteiger partial charge in [-0.15, -0.1) is 0 Å². The second-order valence-corrected chi connectivity index (χ2v) is 5.34. The van der Waals surface area contributed by atoms with Crippen LogP contribution in [0.25, 0.3) is 0 Å². The predicted molar refractivity (Wildman–Crippen MR) is 82.1 cm³/mol. The van der Waals surface area contributed by atoms with E-state index in [0.717, 1.165) is 38.1 Å². The summed E-state index contributed by atoms with van der Waals surface area (Å²) in [7, 11) is 1.38. The molecule has 0 spiro atoms. The summed E-state index contributed by atoms with van der Waals surface area (Å²) in [5.74, 6) is -0.378. The molecule has 1 fully saturated rings. The van der Waals surface area contributed by atoms with Gasteiger partial charge in [-0.2, -0.15) is 0 Å². The third kappa shape index (κ3) is 3.95. The summed E-state index contributed by atoms with van der Waals surface area (Å²) in [6.45, 7) is 5.42. The lowest BCUT2D eigenvalue weighted by Crippen LogP contribution is -2.32. The number of likely N-dealkylation sites (N-methyl/N-ethyl adjacent to an activating group) is 1.